The molecule has 0 saturated heterocycles. The summed E-state index contributed by atoms with van der Waals surface area (Å²) in [6.45, 7) is 24.2. The van der Waals surface area contributed by atoms with E-state index in [9.17, 15) is 5.26 Å². The third kappa shape index (κ3) is 2.98. The highest BCUT2D eigenvalue weighted by atomic mass is 16.3. The number of furan rings is 1. The third-order valence-corrected chi connectivity index (χ3v) is 13.3. The Bertz CT molecular complexity index is 2030. The SMILES string of the molecule is Cc1ccc2c(oc3c(-c4cc5c6c(c4)C(C)(C)C(C)(C)C6(C)C(C)(C)C5(C)C)c(C#N)ccc32)c1-c1cccc[n+]1C. The van der Waals surface area contributed by atoms with Crippen LogP contribution in [0, 0.1) is 29.1 Å². The van der Waals surface area contributed by atoms with Gasteiger partial charge in [-0.25, -0.2) is 4.57 Å². The lowest BCUT2D eigenvalue weighted by atomic mass is 9.47. The summed E-state index contributed by atoms with van der Waals surface area (Å²) < 4.78 is 9.09. The van der Waals surface area contributed by atoms with E-state index in [0.717, 1.165) is 49.9 Å². The van der Waals surface area contributed by atoms with E-state index in [4.69, 9.17) is 4.42 Å². The van der Waals surface area contributed by atoms with Crippen LogP contribution in [-0.2, 0) is 23.3 Å². The number of rotatable bonds is 2. The second-order valence-electron chi connectivity index (χ2n) is 15.5. The highest BCUT2D eigenvalue weighted by Crippen LogP contribution is 2.76. The summed E-state index contributed by atoms with van der Waals surface area (Å²) in [5, 5.41) is 12.6. The van der Waals surface area contributed by atoms with Gasteiger partial charge in [0.2, 0.25) is 5.69 Å². The quantitative estimate of drug-likeness (QED) is 0.199. The van der Waals surface area contributed by atoms with Crippen LogP contribution >= 0.6 is 0 Å². The largest absolute Gasteiger partial charge is 0.454 e. The summed E-state index contributed by atoms with van der Waals surface area (Å²) in [6, 6.07) is 22.0. The molecule has 2 heterocycles. The van der Waals surface area contributed by atoms with Gasteiger partial charge in [-0.3, -0.25) is 0 Å². The molecule has 7 rings (SSSR count). The van der Waals surface area contributed by atoms with E-state index >= 15 is 0 Å². The molecule has 218 valence electrons. The van der Waals surface area contributed by atoms with Crippen LogP contribution in [0.2, 0.25) is 0 Å². The molecular weight excluding hydrogens is 524 g/mol. The van der Waals surface area contributed by atoms with Crippen LogP contribution in [-0.4, -0.2) is 0 Å². The third-order valence-electron chi connectivity index (χ3n) is 13.3. The highest BCUT2D eigenvalue weighted by molar-refractivity contribution is 6.14. The summed E-state index contributed by atoms with van der Waals surface area (Å²) in [7, 11) is 2.07. The Kier molecular flexibility index (Phi) is 5.30. The first-order valence-corrected chi connectivity index (χ1v) is 15.6. The van der Waals surface area contributed by atoms with Crippen LogP contribution in [0.1, 0.15) is 90.1 Å². The molecule has 2 aliphatic rings. The Hall–Kier alpha value is -3.90. The molecule has 3 heteroatoms. The van der Waals surface area contributed by atoms with Crippen LogP contribution in [0.25, 0.3) is 44.3 Å². The Balaban J connectivity index is 1.61. The van der Waals surface area contributed by atoms with Gasteiger partial charge >= 0.3 is 0 Å². The zero-order valence-electron chi connectivity index (χ0n) is 27.6. The van der Waals surface area contributed by atoms with Gasteiger partial charge in [-0.2, -0.15) is 5.26 Å². The van der Waals surface area contributed by atoms with Gasteiger partial charge in [0, 0.05) is 33.9 Å². The Morgan fingerprint density at radius 1 is 0.721 bits per heavy atom. The Morgan fingerprint density at radius 3 is 1.84 bits per heavy atom. The van der Waals surface area contributed by atoms with E-state index in [1.807, 2.05) is 12.1 Å². The number of hydrogen-bond donors (Lipinski definition) is 0. The fourth-order valence-corrected chi connectivity index (χ4v) is 9.12. The molecule has 2 aliphatic carbocycles. The molecule has 0 spiro atoms. The molecule has 3 aromatic carbocycles. The van der Waals surface area contributed by atoms with Crippen molar-refractivity contribution < 1.29 is 8.98 Å². The molecule has 0 fully saturated rings. The number of aromatic nitrogens is 1. The lowest BCUT2D eigenvalue weighted by molar-refractivity contribution is -0.660. The van der Waals surface area contributed by atoms with Gasteiger partial charge in [0.25, 0.3) is 0 Å². The lowest BCUT2D eigenvalue weighted by Crippen LogP contribution is -2.55. The topological polar surface area (TPSA) is 40.8 Å². The zero-order chi connectivity index (χ0) is 31.1. The van der Waals surface area contributed by atoms with Crippen molar-refractivity contribution in [3.05, 3.63) is 88.6 Å². The van der Waals surface area contributed by atoms with Gasteiger partial charge in [0.05, 0.1) is 17.2 Å². The minimum Gasteiger partial charge on any atom is -0.454 e. The minimum atomic E-state index is -0.0590. The molecule has 0 N–H and O–H groups in total. The first-order valence-electron chi connectivity index (χ1n) is 15.6. The summed E-state index contributed by atoms with van der Waals surface area (Å²) in [4.78, 5) is 0. The number of nitriles is 1. The molecule has 0 bridgehead atoms. The molecule has 0 saturated carbocycles. The van der Waals surface area contributed by atoms with E-state index < -0.39 is 0 Å². The molecule has 0 aliphatic heterocycles. The molecular formula is C40H43N2O+. The average Bonchev–Trinajstić information content (AvgIpc) is 3.43. The van der Waals surface area contributed by atoms with Crippen LogP contribution in [0.3, 0.4) is 0 Å². The molecule has 5 aromatic rings. The smallest absolute Gasteiger partial charge is 0.216 e. The summed E-state index contributed by atoms with van der Waals surface area (Å²) >= 11 is 0. The molecule has 3 nitrogen and oxygen atoms in total. The Labute approximate surface area is 256 Å². The number of nitrogens with zero attached hydrogens (tertiary/aromatic N) is 2. The van der Waals surface area contributed by atoms with E-state index in [-0.39, 0.29) is 27.1 Å². The van der Waals surface area contributed by atoms with Crippen molar-refractivity contribution in [2.45, 2.75) is 85.5 Å². The lowest BCUT2D eigenvalue weighted by Gasteiger charge is -2.56. The van der Waals surface area contributed by atoms with Crippen molar-refractivity contribution in [1.29, 1.82) is 5.26 Å². The van der Waals surface area contributed by atoms with Crippen LogP contribution < -0.4 is 4.57 Å². The van der Waals surface area contributed by atoms with Crippen molar-refractivity contribution in [3.8, 4) is 28.5 Å². The number of hydrogen-bond acceptors (Lipinski definition) is 2. The summed E-state index contributed by atoms with van der Waals surface area (Å²) in [5.41, 5.74) is 11.9. The fourth-order valence-electron chi connectivity index (χ4n) is 9.12. The van der Waals surface area contributed by atoms with Crippen LogP contribution in [0.5, 0.6) is 0 Å². The van der Waals surface area contributed by atoms with E-state index in [1.54, 1.807) is 0 Å². The van der Waals surface area contributed by atoms with Crippen molar-refractivity contribution in [2.75, 3.05) is 0 Å². The maximum atomic E-state index is 10.5. The second kappa shape index (κ2) is 8.17. The maximum Gasteiger partial charge on any atom is 0.216 e. The second-order valence-corrected chi connectivity index (χ2v) is 15.5. The zero-order valence-corrected chi connectivity index (χ0v) is 27.6. The van der Waals surface area contributed by atoms with Gasteiger partial charge in [0.1, 0.15) is 18.2 Å². The van der Waals surface area contributed by atoms with Crippen molar-refractivity contribution in [2.24, 2.45) is 17.9 Å². The maximum absolute atomic E-state index is 10.5. The van der Waals surface area contributed by atoms with Gasteiger partial charge in [-0.05, 0) is 74.6 Å². The van der Waals surface area contributed by atoms with Gasteiger partial charge in [-0.15, -0.1) is 0 Å². The summed E-state index contributed by atoms with van der Waals surface area (Å²) in [6.07, 6.45) is 2.07. The van der Waals surface area contributed by atoms with Crippen LogP contribution in [0.4, 0.5) is 0 Å². The molecule has 2 aromatic heterocycles. The van der Waals surface area contributed by atoms with Gasteiger partial charge in [-0.1, -0.05) is 86.6 Å². The normalized spacial score (nSPS) is 20.0. The molecule has 0 atom stereocenters. The van der Waals surface area contributed by atoms with E-state index in [0.29, 0.717) is 5.56 Å². The Morgan fingerprint density at radius 2 is 1.28 bits per heavy atom. The molecule has 0 unspecified atom stereocenters. The first kappa shape index (κ1) is 27.9. The predicted octanol–water partition coefficient (Wildman–Crippen LogP) is 9.82. The van der Waals surface area contributed by atoms with Crippen molar-refractivity contribution in [3.63, 3.8) is 0 Å². The van der Waals surface area contributed by atoms with E-state index in [2.05, 4.69) is 136 Å². The first-order chi connectivity index (χ1) is 20.0. The van der Waals surface area contributed by atoms with Crippen LogP contribution in [0.15, 0.2) is 65.2 Å². The van der Waals surface area contributed by atoms with E-state index in [1.165, 1.54) is 16.7 Å². The predicted molar refractivity (Wildman–Crippen MR) is 176 cm³/mol. The van der Waals surface area contributed by atoms with Gasteiger partial charge in [0.15, 0.2) is 6.20 Å². The standard InChI is InChI=1S/C40H43N2O/c1-23-15-17-26-27-18-16-24(22-41)32(35(27)43-34(26)31(23)30-14-12-13-19-42(30)11)25-20-28-33-29(21-25)37(4,5)39(8,9)40(33,10)38(6,7)36(28,2)3/h12-21H,1-11H3/q+1. The summed E-state index contributed by atoms with van der Waals surface area (Å²) in [5.74, 6) is 0. The number of aryl methyl sites for hydroxylation is 2. The van der Waals surface area contributed by atoms with Crippen molar-refractivity contribution >= 4 is 21.9 Å². The number of fused-ring (bicyclic) bond motifs is 3. The van der Waals surface area contributed by atoms with Crippen molar-refractivity contribution in [1.82, 2.24) is 0 Å². The van der Waals surface area contributed by atoms with Gasteiger partial charge < -0.3 is 4.42 Å². The highest BCUT2D eigenvalue weighted by Gasteiger charge is 2.72. The monoisotopic (exact) mass is 567 g/mol. The molecule has 0 amide bonds. The molecule has 0 radical (unpaired) electrons. The number of pyridine rings is 1. The molecule has 43 heavy (non-hydrogen) atoms. The average molecular weight is 568 g/mol. The fraction of sp³-hybridized carbons (Fsp3) is 0.400. The minimum absolute atomic E-state index is 0.00271. The number of benzene rings is 3.